The van der Waals surface area contributed by atoms with Gasteiger partial charge in [0.05, 0.1) is 26.2 Å². The predicted octanol–water partition coefficient (Wildman–Crippen LogP) is 2.15. The summed E-state index contributed by atoms with van der Waals surface area (Å²) in [6, 6.07) is 20.2. The molecule has 4 heterocycles. The normalized spacial score (nSPS) is 20.7. The second-order valence-corrected chi connectivity index (χ2v) is 10.8. The number of nitrogens with zero attached hydrogens (tertiary/aromatic N) is 2. The Morgan fingerprint density at radius 1 is 1.02 bits per heavy atom. The molecule has 0 unspecified atom stereocenters. The van der Waals surface area contributed by atoms with E-state index in [1.807, 2.05) is 30.3 Å². The maximum atomic E-state index is 13.5. The van der Waals surface area contributed by atoms with E-state index in [0.29, 0.717) is 43.2 Å². The summed E-state index contributed by atoms with van der Waals surface area (Å²) in [6.07, 6.45) is 0.469. The molecule has 0 radical (unpaired) electrons. The summed E-state index contributed by atoms with van der Waals surface area (Å²) in [5, 5.41) is 5.90. The Balaban J connectivity index is 1.21. The van der Waals surface area contributed by atoms with Crippen molar-refractivity contribution in [1.29, 1.82) is 0 Å². The number of hydrogen-bond donors (Lipinski definition) is 2. The van der Waals surface area contributed by atoms with Gasteiger partial charge in [-0.25, -0.2) is 0 Å². The summed E-state index contributed by atoms with van der Waals surface area (Å²) in [7, 11) is 1.50. The quantitative estimate of drug-likeness (QED) is 0.497. The zero-order valence-corrected chi connectivity index (χ0v) is 23.5. The van der Waals surface area contributed by atoms with E-state index in [-0.39, 0.29) is 30.1 Å². The van der Waals surface area contributed by atoms with Gasteiger partial charge >= 0.3 is 0 Å². The van der Waals surface area contributed by atoms with Crippen LogP contribution in [0.5, 0.6) is 17.2 Å². The zero-order valence-electron chi connectivity index (χ0n) is 23.5. The lowest BCUT2D eigenvalue weighted by atomic mass is 10.00. The molecule has 10 heteroatoms. The molecule has 0 spiro atoms. The summed E-state index contributed by atoms with van der Waals surface area (Å²) < 4.78 is 17.4. The van der Waals surface area contributed by atoms with Crippen LogP contribution in [0.2, 0.25) is 0 Å². The Morgan fingerprint density at radius 3 is 2.64 bits per heavy atom. The molecule has 2 N–H and O–H groups in total. The van der Waals surface area contributed by atoms with Crippen LogP contribution in [-0.2, 0) is 29.1 Å². The van der Waals surface area contributed by atoms with Gasteiger partial charge in [0, 0.05) is 31.7 Å². The first-order valence-electron chi connectivity index (χ1n) is 14.2. The first-order chi connectivity index (χ1) is 20.4. The average molecular weight is 571 g/mol. The standard InChI is InChI=1S/C32H34N4O6/c1-40-27-11-8-23-14-28(27)41-20-30(37)33-15-21-6-9-25(10-7-21)42-29-18-36(17-26(29)34-32(23)39)31(38)19-35-13-12-22-4-2-3-5-24(22)16-35/h2-11,14,26,29H,12-13,15-20H2,1H3,(H,33,37)(H,34,39)/t26-,29-/m0/s1. The van der Waals surface area contributed by atoms with Gasteiger partial charge in [-0.15, -0.1) is 0 Å². The van der Waals surface area contributed by atoms with Crippen LogP contribution in [-0.4, -0.2) is 79.6 Å². The fraction of sp³-hybridized carbons (Fsp3) is 0.344. The van der Waals surface area contributed by atoms with Gasteiger partial charge in [-0.2, -0.15) is 0 Å². The fourth-order valence-electron chi connectivity index (χ4n) is 5.65. The van der Waals surface area contributed by atoms with Crippen LogP contribution >= 0.6 is 0 Å². The highest BCUT2D eigenvalue weighted by molar-refractivity contribution is 5.95. The van der Waals surface area contributed by atoms with Crippen molar-refractivity contribution in [1.82, 2.24) is 20.4 Å². The summed E-state index contributed by atoms with van der Waals surface area (Å²) in [5.41, 5.74) is 3.84. The molecule has 1 fully saturated rings. The highest BCUT2D eigenvalue weighted by Crippen LogP contribution is 2.29. The Kier molecular flexibility index (Phi) is 7.96. The Hall–Kier alpha value is -4.57. The molecule has 3 amide bonds. The van der Waals surface area contributed by atoms with Crippen molar-refractivity contribution in [2.45, 2.75) is 31.7 Å². The van der Waals surface area contributed by atoms with E-state index in [1.54, 1.807) is 23.1 Å². The van der Waals surface area contributed by atoms with Crippen LogP contribution in [0.3, 0.4) is 0 Å². The maximum absolute atomic E-state index is 13.5. The zero-order chi connectivity index (χ0) is 29.1. The molecule has 7 rings (SSSR count). The molecule has 42 heavy (non-hydrogen) atoms. The summed E-state index contributed by atoms with van der Waals surface area (Å²) in [6.45, 7) is 2.65. The SMILES string of the molecule is COc1ccc2cc1OCC(=O)NCc1ccc(cc1)O[C@H]1CN(C(=O)CN3CCc4ccccc4C3)C[C@@H]1NC2=O. The number of methoxy groups -OCH3 is 1. The molecule has 3 aromatic carbocycles. The van der Waals surface area contributed by atoms with Crippen LogP contribution in [0.4, 0.5) is 0 Å². The van der Waals surface area contributed by atoms with Crippen molar-refractivity contribution < 1.29 is 28.6 Å². The number of fused-ring (bicyclic) bond motifs is 8. The third-order valence-corrected chi connectivity index (χ3v) is 7.99. The summed E-state index contributed by atoms with van der Waals surface area (Å²) in [5.74, 6) is 0.680. The molecule has 0 aliphatic carbocycles. The molecule has 4 aliphatic rings. The van der Waals surface area contributed by atoms with Crippen molar-refractivity contribution in [2.75, 3.05) is 39.9 Å². The molecule has 0 aromatic heterocycles. The summed E-state index contributed by atoms with van der Waals surface area (Å²) in [4.78, 5) is 43.2. The second-order valence-electron chi connectivity index (χ2n) is 10.8. The van der Waals surface area contributed by atoms with Crippen LogP contribution in [0, 0.1) is 0 Å². The minimum Gasteiger partial charge on any atom is -0.493 e. The molecular weight excluding hydrogens is 536 g/mol. The third kappa shape index (κ3) is 6.18. The summed E-state index contributed by atoms with van der Waals surface area (Å²) >= 11 is 0. The first-order valence-corrected chi connectivity index (χ1v) is 14.2. The van der Waals surface area contributed by atoms with E-state index in [2.05, 4.69) is 33.7 Å². The van der Waals surface area contributed by atoms with Gasteiger partial charge in [0.2, 0.25) is 5.91 Å². The number of ether oxygens (including phenoxy) is 3. The molecule has 218 valence electrons. The van der Waals surface area contributed by atoms with Crippen LogP contribution in [0.15, 0.2) is 66.7 Å². The number of amides is 3. The number of nitrogens with one attached hydrogen (secondary N) is 2. The molecule has 4 bridgehead atoms. The Labute approximate surface area is 244 Å². The van der Waals surface area contributed by atoms with Gasteiger partial charge in [-0.05, 0) is 53.4 Å². The van der Waals surface area contributed by atoms with Gasteiger partial charge in [0.1, 0.15) is 11.9 Å². The van der Waals surface area contributed by atoms with Gasteiger partial charge in [-0.1, -0.05) is 36.4 Å². The lowest BCUT2D eigenvalue weighted by Crippen LogP contribution is -2.45. The number of carbonyl (C=O) groups is 3. The average Bonchev–Trinajstić information content (AvgIpc) is 3.41. The lowest BCUT2D eigenvalue weighted by molar-refractivity contribution is -0.132. The van der Waals surface area contributed by atoms with Gasteiger partial charge in [-0.3, -0.25) is 19.3 Å². The number of likely N-dealkylation sites (tertiary alicyclic amines) is 1. The fourth-order valence-corrected chi connectivity index (χ4v) is 5.65. The molecule has 2 atom stereocenters. The Morgan fingerprint density at radius 2 is 1.83 bits per heavy atom. The van der Waals surface area contributed by atoms with Gasteiger partial charge < -0.3 is 29.7 Å². The minimum atomic E-state index is -0.449. The highest BCUT2D eigenvalue weighted by atomic mass is 16.5. The number of rotatable bonds is 3. The molecule has 3 aromatic rings. The van der Waals surface area contributed by atoms with Crippen molar-refractivity contribution in [2.24, 2.45) is 0 Å². The number of hydrogen-bond acceptors (Lipinski definition) is 7. The molecule has 0 saturated carbocycles. The van der Waals surface area contributed by atoms with Crippen molar-refractivity contribution in [3.8, 4) is 17.2 Å². The van der Waals surface area contributed by atoms with Crippen molar-refractivity contribution in [3.05, 3.63) is 89.0 Å². The molecule has 1 saturated heterocycles. The van der Waals surface area contributed by atoms with Gasteiger partial charge in [0.15, 0.2) is 18.1 Å². The number of benzene rings is 3. The minimum absolute atomic E-state index is 0.00750. The first kappa shape index (κ1) is 27.6. The number of carbonyl (C=O) groups excluding carboxylic acids is 3. The van der Waals surface area contributed by atoms with E-state index in [1.165, 1.54) is 18.2 Å². The lowest BCUT2D eigenvalue weighted by Gasteiger charge is -2.29. The topological polar surface area (TPSA) is 109 Å². The molecular formula is C32H34N4O6. The van der Waals surface area contributed by atoms with E-state index < -0.39 is 12.1 Å². The van der Waals surface area contributed by atoms with E-state index in [9.17, 15) is 14.4 Å². The van der Waals surface area contributed by atoms with Crippen LogP contribution < -0.4 is 24.8 Å². The predicted molar refractivity (Wildman–Crippen MR) is 154 cm³/mol. The third-order valence-electron chi connectivity index (χ3n) is 7.99. The van der Waals surface area contributed by atoms with Crippen molar-refractivity contribution in [3.63, 3.8) is 0 Å². The van der Waals surface area contributed by atoms with Crippen molar-refractivity contribution >= 4 is 17.7 Å². The van der Waals surface area contributed by atoms with E-state index >= 15 is 0 Å². The van der Waals surface area contributed by atoms with Gasteiger partial charge in [0.25, 0.3) is 11.8 Å². The van der Waals surface area contributed by atoms with E-state index in [0.717, 1.165) is 25.1 Å². The molecule has 10 nitrogen and oxygen atoms in total. The second kappa shape index (κ2) is 12.1. The Bertz CT molecular complexity index is 1480. The van der Waals surface area contributed by atoms with Crippen LogP contribution in [0.1, 0.15) is 27.0 Å². The maximum Gasteiger partial charge on any atom is 0.258 e. The molecule has 4 aliphatic heterocycles. The highest BCUT2D eigenvalue weighted by Gasteiger charge is 2.38. The van der Waals surface area contributed by atoms with E-state index in [4.69, 9.17) is 14.2 Å². The van der Waals surface area contributed by atoms with Crippen LogP contribution in [0.25, 0.3) is 0 Å². The smallest absolute Gasteiger partial charge is 0.258 e. The largest absolute Gasteiger partial charge is 0.493 e. The monoisotopic (exact) mass is 570 g/mol.